The quantitative estimate of drug-likeness (QED) is 0.404. The Labute approximate surface area is 159 Å². The molecule has 1 aliphatic rings. The zero-order chi connectivity index (χ0) is 18.8. The fourth-order valence-electron chi connectivity index (χ4n) is 3.46. The van der Waals surface area contributed by atoms with E-state index in [1.165, 1.54) is 30.6 Å². The molecule has 5 nitrogen and oxygen atoms in total. The number of aryl methyl sites for hydroxylation is 1. The van der Waals surface area contributed by atoms with Gasteiger partial charge in [0.25, 0.3) is 0 Å². The summed E-state index contributed by atoms with van der Waals surface area (Å²) in [6, 6.07) is 9.28. The van der Waals surface area contributed by atoms with Crippen LogP contribution in [0.25, 0.3) is 0 Å². The van der Waals surface area contributed by atoms with E-state index in [4.69, 9.17) is 0 Å². The molecule has 1 unspecified atom stereocenters. The first-order valence-electron chi connectivity index (χ1n) is 10.2. The van der Waals surface area contributed by atoms with Gasteiger partial charge in [0.2, 0.25) is 0 Å². The molecule has 0 amide bonds. The van der Waals surface area contributed by atoms with Crippen LogP contribution in [0, 0.1) is 6.92 Å². The molecule has 0 aromatic heterocycles. The molecule has 1 aliphatic heterocycles. The maximum absolute atomic E-state index is 4.39. The van der Waals surface area contributed by atoms with E-state index < -0.39 is 0 Å². The Kier molecular flexibility index (Phi) is 8.75. The Hall–Kier alpha value is -1.75. The van der Waals surface area contributed by atoms with Crippen molar-refractivity contribution in [3.8, 4) is 0 Å². The van der Waals surface area contributed by atoms with E-state index in [1.54, 1.807) is 0 Å². The number of anilines is 1. The minimum atomic E-state index is 0.457. The monoisotopic (exact) mass is 359 g/mol. The molecule has 1 fully saturated rings. The van der Waals surface area contributed by atoms with Crippen LogP contribution in [-0.4, -0.2) is 63.2 Å². The van der Waals surface area contributed by atoms with Crippen LogP contribution in [-0.2, 0) is 0 Å². The summed E-state index contributed by atoms with van der Waals surface area (Å²) in [5.74, 6) is 0.934. The lowest BCUT2D eigenvalue weighted by molar-refractivity contribution is 0.297. The van der Waals surface area contributed by atoms with Gasteiger partial charge in [-0.2, -0.15) is 0 Å². The van der Waals surface area contributed by atoms with E-state index in [0.717, 1.165) is 45.1 Å². The summed E-state index contributed by atoms with van der Waals surface area (Å²) in [5.41, 5.74) is 2.63. The van der Waals surface area contributed by atoms with E-state index in [0.29, 0.717) is 6.04 Å². The van der Waals surface area contributed by atoms with Gasteiger partial charge in [-0.1, -0.05) is 31.5 Å². The second-order valence-electron chi connectivity index (χ2n) is 7.14. The number of unbranched alkanes of at least 4 members (excludes halogenated alkanes) is 1. The van der Waals surface area contributed by atoms with Crippen molar-refractivity contribution in [3.63, 3.8) is 0 Å². The predicted molar refractivity (Wildman–Crippen MR) is 113 cm³/mol. The summed E-state index contributed by atoms with van der Waals surface area (Å²) in [7, 11) is 1.86. The van der Waals surface area contributed by atoms with Gasteiger partial charge in [0, 0.05) is 38.4 Å². The third-order valence-electron chi connectivity index (χ3n) is 5.24. The molecule has 0 aliphatic carbocycles. The third kappa shape index (κ3) is 6.52. The lowest BCUT2D eigenvalue weighted by Gasteiger charge is -2.21. The van der Waals surface area contributed by atoms with Crippen LogP contribution in [0.2, 0.25) is 0 Å². The molecule has 1 saturated heterocycles. The Bertz CT molecular complexity index is 536. The maximum Gasteiger partial charge on any atom is 0.191 e. The summed E-state index contributed by atoms with van der Waals surface area (Å²) in [4.78, 5) is 9.32. The minimum absolute atomic E-state index is 0.457. The van der Waals surface area contributed by atoms with Gasteiger partial charge in [-0.05, 0) is 58.0 Å². The highest BCUT2D eigenvalue weighted by Gasteiger charge is 2.23. The van der Waals surface area contributed by atoms with Crippen molar-refractivity contribution in [1.29, 1.82) is 0 Å². The first-order chi connectivity index (χ1) is 12.7. The summed E-state index contributed by atoms with van der Waals surface area (Å²) in [5, 5.41) is 7.06. The number of hydrogen-bond acceptors (Lipinski definition) is 3. The molecule has 1 heterocycles. The first kappa shape index (κ1) is 20.6. The van der Waals surface area contributed by atoms with Gasteiger partial charge in [0.1, 0.15) is 0 Å². The molecule has 1 aromatic rings. The lowest BCUT2D eigenvalue weighted by Crippen LogP contribution is -2.45. The molecule has 0 saturated carbocycles. The number of guanidine groups is 1. The van der Waals surface area contributed by atoms with E-state index in [1.807, 2.05) is 7.05 Å². The van der Waals surface area contributed by atoms with Crippen molar-refractivity contribution in [2.24, 2.45) is 4.99 Å². The number of nitrogens with one attached hydrogen (secondary N) is 2. The van der Waals surface area contributed by atoms with Gasteiger partial charge in [0.15, 0.2) is 5.96 Å². The lowest BCUT2D eigenvalue weighted by atomic mass is 10.2. The van der Waals surface area contributed by atoms with E-state index in [-0.39, 0.29) is 0 Å². The van der Waals surface area contributed by atoms with Gasteiger partial charge in [-0.3, -0.25) is 4.99 Å². The molecule has 2 rings (SSSR count). The van der Waals surface area contributed by atoms with E-state index in [9.17, 15) is 0 Å². The van der Waals surface area contributed by atoms with Crippen LogP contribution in [0.3, 0.4) is 0 Å². The van der Waals surface area contributed by atoms with E-state index >= 15 is 0 Å². The van der Waals surface area contributed by atoms with Gasteiger partial charge in [0.05, 0.1) is 0 Å². The first-order valence-corrected chi connectivity index (χ1v) is 10.2. The molecule has 0 spiro atoms. The normalized spacial score (nSPS) is 17.8. The number of benzene rings is 1. The van der Waals surface area contributed by atoms with E-state index in [2.05, 4.69) is 70.5 Å². The minimum Gasteiger partial charge on any atom is -0.369 e. The molecular formula is C21H37N5. The second kappa shape index (κ2) is 11.1. The van der Waals surface area contributed by atoms with Gasteiger partial charge < -0.3 is 20.4 Å². The number of nitrogens with zero attached hydrogens (tertiary/aromatic N) is 3. The highest BCUT2D eigenvalue weighted by molar-refractivity contribution is 5.80. The highest BCUT2D eigenvalue weighted by Crippen LogP contribution is 2.20. The van der Waals surface area contributed by atoms with Gasteiger partial charge in [-0.15, -0.1) is 0 Å². The zero-order valence-electron chi connectivity index (χ0n) is 17.1. The van der Waals surface area contributed by atoms with Crippen molar-refractivity contribution >= 4 is 11.6 Å². The Morgan fingerprint density at radius 1 is 1.19 bits per heavy atom. The average molecular weight is 360 g/mol. The molecule has 1 aromatic carbocycles. The number of aliphatic imine (C=N–C) groups is 1. The topological polar surface area (TPSA) is 42.9 Å². The van der Waals surface area contributed by atoms with Crippen LogP contribution in [0.4, 0.5) is 5.69 Å². The average Bonchev–Trinajstić information content (AvgIpc) is 3.12. The van der Waals surface area contributed by atoms with Crippen LogP contribution in [0.5, 0.6) is 0 Å². The summed E-state index contributed by atoms with van der Waals surface area (Å²) < 4.78 is 0. The van der Waals surface area contributed by atoms with Crippen molar-refractivity contribution in [2.75, 3.05) is 51.2 Å². The van der Waals surface area contributed by atoms with Crippen molar-refractivity contribution in [2.45, 2.75) is 46.1 Å². The summed E-state index contributed by atoms with van der Waals surface area (Å²) in [6.45, 7) is 13.2. The Morgan fingerprint density at radius 2 is 1.92 bits per heavy atom. The van der Waals surface area contributed by atoms with Crippen molar-refractivity contribution in [1.82, 2.24) is 15.5 Å². The highest BCUT2D eigenvalue weighted by atomic mass is 15.2. The van der Waals surface area contributed by atoms with Gasteiger partial charge in [-0.25, -0.2) is 0 Å². The molecular weight excluding hydrogens is 322 g/mol. The fraction of sp³-hybridized carbons (Fsp3) is 0.667. The standard InChI is InChI=1S/C21H37N5/c1-5-25(6-2)15-8-7-14-23-21(22-4)24-19-13-16-26(17-19)20-11-9-18(3)10-12-20/h9-12,19H,5-8,13-17H2,1-4H3,(H2,22,23,24). The van der Waals surface area contributed by atoms with Crippen LogP contribution in [0.1, 0.15) is 38.7 Å². The number of rotatable bonds is 9. The SMILES string of the molecule is CCN(CC)CCCCNC(=NC)NC1CCN(c2ccc(C)cc2)C1. The molecule has 146 valence electrons. The Morgan fingerprint density at radius 3 is 2.58 bits per heavy atom. The smallest absolute Gasteiger partial charge is 0.191 e. The molecule has 26 heavy (non-hydrogen) atoms. The predicted octanol–water partition coefficient (Wildman–Crippen LogP) is 2.86. The molecule has 0 radical (unpaired) electrons. The summed E-state index contributed by atoms with van der Waals surface area (Å²) in [6.07, 6.45) is 3.56. The van der Waals surface area contributed by atoms with Crippen molar-refractivity contribution in [3.05, 3.63) is 29.8 Å². The number of hydrogen-bond donors (Lipinski definition) is 2. The van der Waals surface area contributed by atoms with Crippen LogP contribution >= 0.6 is 0 Å². The molecule has 0 bridgehead atoms. The molecule has 2 N–H and O–H groups in total. The molecule has 1 atom stereocenters. The van der Waals surface area contributed by atoms with Crippen molar-refractivity contribution < 1.29 is 0 Å². The van der Waals surface area contributed by atoms with Crippen LogP contribution < -0.4 is 15.5 Å². The summed E-state index contributed by atoms with van der Waals surface area (Å²) >= 11 is 0. The largest absolute Gasteiger partial charge is 0.369 e. The fourth-order valence-corrected chi connectivity index (χ4v) is 3.46. The third-order valence-corrected chi connectivity index (χ3v) is 5.24. The molecule has 5 heteroatoms. The second-order valence-corrected chi connectivity index (χ2v) is 7.14. The zero-order valence-corrected chi connectivity index (χ0v) is 17.1. The Balaban J connectivity index is 1.67. The van der Waals surface area contributed by atoms with Gasteiger partial charge >= 0.3 is 0 Å². The van der Waals surface area contributed by atoms with Crippen LogP contribution in [0.15, 0.2) is 29.3 Å². The maximum atomic E-state index is 4.39.